The molecule has 0 aromatic carbocycles. The lowest BCUT2D eigenvalue weighted by Gasteiger charge is -2.36. The molecule has 1 amide bonds. The molecule has 11 heteroatoms. The summed E-state index contributed by atoms with van der Waals surface area (Å²) in [5, 5.41) is 11.7. The molecule has 3 aromatic rings. The minimum Gasteiger partial charge on any atom is -0.494 e. The monoisotopic (exact) mass is 447 g/mol. The number of hydrogen-bond acceptors (Lipinski definition) is 9. The Morgan fingerprint density at radius 2 is 2.13 bits per heavy atom. The van der Waals surface area contributed by atoms with Crippen LogP contribution >= 0.6 is 22.9 Å². The van der Waals surface area contributed by atoms with Crippen LogP contribution in [0.3, 0.4) is 0 Å². The van der Waals surface area contributed by atoms with Gasteiger partial charge in [0.2, 0.25) is 5.13 Å². The lowest BCUT2D eigenvalue weighted by atomic mass is 9.99. The smallest absolute Gasteiger partial charge is 0.296 e. The Balaban J connectivity index is 1.63. The third-order valence-electron chi connectivity index (χ3n) is 4.45. The first-order chi connectivity index (χ1) is 14.4. The number of carbonyl (C=O) groups is 1. The highest BCUT2D eigenvalue weighted by Crippen LogP contribution is 2.36. The number of nitrogens with zero attached hydrogens (tertiary/aromatic N) is 4. The van der Waals surface area contributed by atoms with Crippen LogP contribution < -0.4 is 14.8 Å². The van der Waals surface area contributed by atoms with Crippen molar-refractivity contribution in [3.05, 3.63) is 40.9 Å². The number of methoxy groups -OCH3 is 1. The number of halogens is 1. The van der Waals surface area contributed by atoms with E-state index in [-0.39, 0.29) is 0 Å². The number of aromatic nitrogens is 4. The quantitative estimate of drug-likeness (QED) is 0.573. The van der Waals surface area contributed by atoms with Crippen molar-refractivity contribution in [2.24, 2.45) is 0 Å². The van der Waals surface area contributed by atoms with E-state index >= 15 is 0 Å². The van der Waals surface area contributed by atoms with Gasteiger partial charge in [-0.15, -0.1) is 5.10 Å². The van der Waals surface area contributed by atoms with Crippen LogP contribution in [0, 0.1) is 6.92 Å². The van der Waals surface area contributed by atoms with Gasteiger partial charge in [-0.2, -0.15) is 0 Å². The first-order valence-electron chi connectivity index (χ1n) is 8.96. The molecule has 1 saturated heterocycles. The van der Waals surface area contributed by atoms with Gasteiger partial charge < -0.3 is 14.2 Å². The average Bonchev–Trinajstić information content (AvgIpc) is 3.12. The zero-order valence-electron chi connectivity index (χ0n) is 16.4. The van der Waals surface area contributed by atoms with E-state index in [9.17, 15) is 4.79 Å². The molecule has 0 radical (unpaired) electrons. The predicted octanol–water partition coefficient (Wildman–Crippen LogP) is 3.39. The molecule has 0 unspecified atom stereocenters. The normalized spacial score (nSPS) is 14.7. The Kier molecular flexibility index (Phi) is 5.54. The average molecular weight is 448 g/mol. The van der Waals surface area contributed by atoms with Gasteiger partial charge in [-0.05, 0) is 42.9 Å². The molecule has 9 nitrogen and oxygen atoms in total. The van der Waals surface area contributed by atoms with Gasteiger partial charge in [0.25, 0.3) is 11.1 Å². The maximum Gasteiger partial charge on any atom is 0.296 e. The van der Waals surface area contributed by atoms with Gasteiger partial charge in [0.05, 0.1) is 31.6 Å². The standard InChI is InChI=1S/C19H18ClN5O4S/c1-10-15(27-3)14(11-4-5-21-13(20)6-11)12(7-22-10)16(26)23-17-24-25-18(30-17)29-19(2)8-28-9-19/h4-7H,8-9H2,1-3H3,(H,23,24,26). The Morgan fingerprint density at radius 1 is 1.33 bits per heavy atom. The number of pyridine rings is 2. The molecule has 4 rings (SSSR count). The summed E-state index contributed by atoms with van der Waals surface area (Å²) in [6.45, 7) is 4.69. The fraction of sp³-hybridized carbons (Fsp3) is 0.316. The fourth-order valence-corrected chi connectivity index (χ4v) is 3.87. The SMILES string of the molecule is COc1c(C)ncc(C(=O)Nc2nnc(OC3(C)COC3)s2)c1-c1ccnc(Cl)c1. The maximum absolute atomic E-state index is 13.1. The van der Waals surface area contributed by atoms with Crippen molar-refractivity contribution in [2.75, 3.05) is 25.6 Å². The van der Waals surface area contributed by atoms with E-state index in [4.69, 9.17) is 25.8 Å². The number of aryl methyl sites for hydroxylation is 1. The third-order valence-corrected chi connectivity index (χ3v) is 5.38. The van der Waals surface area contributed by atoms with Crippen LogP contribution in [-0.4, -0.2) is 52.0 Å². The molecular weight excluding hydrogens is 430 g/mol. The van der Waals surface area contributed by atoms with Crippen LogP contribution in [0.4, 0.5) is 5.13 Å². The number of anilines is 1. The topological polar surface area (TPSA) is 108 Å². The van der Waals surface area contributed by atoms with Crippen molar-refractivity contribution < 1.29 is 19.0 Å². The Hall–Kier alpha value is -2.82. The molecule has 3 aromatic heterocycles. The van der Waals surface area contributed by atoms with Crippen LogP contribution in [0.1, 0.15) is 23.0 Å². The molecule has 0 spiro atoms. The second-order valence-corrected chi connectivity index (χ2v) is 8.23. The van der Waals surface area contributed by atoms with Gasteiger partial charge in [-0.1, -0.05) is 16.7 Å². The minimum atomic E-state index is -0.414. The van der Waals surface area contributed by atoms with Crippen molar-refractivity contribution in [2.45, 2.75) is 19.4 Å². The molecule has 4 heterocycles. The second-order valence-electron chi connectivity index (χ2n) is 6.90. The van der Waals surface area contributed by atoms with Gasteiger partial charge in [0.1, 0.15) is 10.9 Å². The molecular formula is C19H18ClN5O4S. The predicted molar refractivity (Wildman–Crippen MR) is 111 cm³/mol. The molecule has 0 saturated carbocycles. The van der Waals surface area contributed by atoms with E-state index in [1.54, 1.807) is 25.3 Å². The number of hydrogen-bond donors (Lipinski definition) is 1. The summed E-state index contributed by atoms with van der Waals surface area (Å²) in [4.78, 5) is 21.3. The summed E-state index contributed by atoms with van der Waals surface area (Å²) in [5.74, 6) is 0.0636. The van der Waals surface area contributed by atoms with Gasteiger partial charge in [-0.3, -0.25) is 15.1 Å². The van der Waals surface area contributed by atoms with E-state index in [0.717, 1.165) is 11.3 Å². The van der Waals surface area contributed by atoms with Gasteiger partial charge in [-0.25, -0.2) is 4.98 Å². The third kappa shape index (κ3) is 4.07. The summed E-state index contributed by atoms with van der Waals surface area (Å²) < 4.78 is 16.5. The van der Waals surface area contributed by atoms with Crippen molar-refractivity contribution in [1.82, 2.24) is 20.2 Å². The summed E-state index contributed by atoms with van der Waals surface area (Å²) in [6.07, 6.45) is 3.05. The molecule has 1 aliphatic rings. The van der Waals surface area contributed by atoms with Crippen molar-refractivity contribution in [3.8, 4) is 22.1 Å². The molecule has 1 aliphatic heterocycles. The summed E-state index contributed by atoms with van der Waals surface area (Å²) in [5.41, 5.74) is 1.77. The van der Waals surface area contributed by atoms with E-state index in [1.807, 2.05) is 6.92 Å². The zero-order chi connectivity index (χ0) is 21.3. The van der Waals surface area contributed by atoms with Crippen LogP contribution in [-0.2, 0) is 4.74 Å². The van der Waals surface area contributed by atoms with E-state index in [0.29, 0.717) is 56.8 Å². The highest BCUT2D eigenvalue weighted by Gasteiger charge is 2.37. The van der Waals surface area contributed by atoms with E-state index in [1.165, 1.54) is 13.3 Å². The Morgan fingerprint density at radius 3 is 2.80 bits per heavy atom. The van der Waals surface area contributed by atoms with E-state index in [2.05, 4.69) is 25.5 Å². The first kappa shape index (κ1) is 20.5. The van der Waals surface area contributed by atoms with Crippen molar-refractivity contribution in [1.29, 1.82) is 0 Å². The van der Waals surface area contributed by atoms with Crippen LogP contribution in [0.5, 0.6) is 10.9 Å². The number of amides is 1. The highest BCUT2D eigenvalue weighted by molar-refractivity contribution is 7.17. The molecule has 0 atom stereocenters. The van der Waals surface area contributed by atoms with Crippen LogP contribution in [0.2, 0.25) is 5.15 Å². The fourth-order valence-electron chi connectivity index (χ4n) is 2.98. The summed E-state index contributed by atoms with van der Waals surface area (Å²) in [7, 11) is 1.52. The van der Waals surface area contributed by atoms with Crippen molar-refractivity contribution >= 4 is 34.0 Å². The van der Waals surface area contributed by atoms with E-state index < -0.39 is 11.5 Å². The number of nitrogens with one attached hydrogen (secondary N) is 1. The Bertz CT molecular complexity index is 1100. The largest absolute Gasteiger partial charge is 0.494 e. The minimum absolute atomic E-state index is 0.301. The molecule has 1 N–H and O–H groups in total. The lowest BCUT2D eigenvalue weighted by molar-refractivity contribution is -0.150. The summed E-state index contributed by atoms with van der Waals surface area (Å²) in [6, 6.07) is 3.41. The molecule has 0 aliphatic carbocycles. The number of rotatable bonds is 6. The maximum atomic E-state index is 13.1. The van der Waals surface area contributed by atoms with Crippen LogP contribution in [0.25, 0.3) is 11.1 Å². The highest BCUT2D eigenvalue weighted by atomic mass is 35.5. The Labute approximate surface area is 181 Å². The lowest BCUT2D eigenvalue weighted by Crippen LogP contribution is -2.51. The molecule has 0 bridgehead atoms. The molecule has 30 heavy (non-hydrogen) atoms. The van der Waals surface area contributed by atoms with Crippen molar-refractivity contribution in [3.63, 3.8) is 0 Å². The number of ether oxygens (including phenoxy) is 3. The molecule has 156 valence electrons. The van der Waals surface area contributed by atoms with Crippen LogP contribution in [0.15, 0.2) is 24.5 Å². The summed E-state index contributed by atoms with van der Waals surface area (Å²) >= 11 is 7.19. The van der Waals surface area contributed by atoms with Gasteiger partial charge in [0.15, 0.2) is 5.60 Å². The number of carbonyl (C=O) groups excluding carboxylic acids is 1. The molecule has 1 fully saturated rings. The van der Waals surface area contributed by atoms with Gasteiger partial charge in [0, 0.05) is 18.0 Å². The second kappa shape index (κ2) is 8.13. The first-order valence-corrected chi connectivity index (χ1v) is 10.1. The zero-order valence-corrected chi connectivity index (χ0v) is 18.0. The van der Waals surface area contributed by atoms with Gasteiger partial charge >= 0.3 is 0 Å².